The van der Waals surface area contributed by atoms with Crippen LogP contribution in [-0.2, 0) is 0 Å². The maximum absolute atomic E-state index is 4.88. The number of fused-ring (bicyclic) bond motifs is 3. The molecule has 3 nitrogen and oxygen atoms in total. The number of rotatable bonds is 2. The molecule has 4 rings (SSSR count). The molecule has 0 bridgehead atoms. The van der Waals surface area contributed by atoms with Crippen LogP contribution in [0, 0.1) is 0 Å². The van der Waals surface area contributed by atoms with Gasteiger partial charge in [-0.15, -0.1) is 0 Å². The Morgan fingerprint density at radius 1 is 0.864 bits per heavy atom. The summed E-state index contributed by atoms with van der Waals surface area (Å²) >= 11 is 0. The summed E-state index contributed by atoms with van der Waals surface area (Å²) in [5, 5.41) is 1.09. The molecule has 4 aromatic rings. The molecule has 0 saturated heterocycles. The number of benzene rings is 2. The lowest BCUT2D eigenvalue weighted by atomic mass is 10.1. The SMILES string of the molecule is CC(C)c1nc2ccccc2c2nc(-c3ccccc3)cn12. The van der Waals surface area contributed by atoms with Crippen LogP contribution >= 0.6 is 0 Å². The first-order chi connectivity index (χ1) is 10.7. The van der Waals surface area contributed by atoms with E-state index >= 15 is 0 Å². The van der Waals surface area contributed by atoms with Crippen molar-refractivity contribution in [3.05, 3.63) is 66.6 Å². The van der Waals surface area contributed by atoms with Crippen molar-refractivity contribution in [3.63, 3.8) is 0 Å². The molecule has 2 aromatic carbocycles. The second-order valence-corrected chi connectivity index (χ2v) is 5.83. The van der Waals surface area contributed by atoms with E-state index in [0.717, 1.165) is 33.6 Å². The molecule has 0 spiro atoms. The minimum absolute atomic E-state index is 0.338. The minimum Gasteiger partial charge on any atom is -0.286 e. The van der Waals surface area contributed by atoms with E-state index in [2.05, 4.69) is 48.7 Å². The van der Waals surface area contributed by atoms with Gasteiger partial charge in [0.1, 0.15) is 11.5 Å². The van der Waals surface area contributed by atoms with Crippen molar-refractivity contribution in [2.24, 2.45) is 0 Å². The third-order valence-electron chi connectivity index (χ3n) is 3.92. The van der Waals surface area contributed by atoms with Crippen LogP contribution in [0.1, 0.15) is 25.6 Å². The van der Waals surface area contributed by atoms with Crippen LogP contribution in [-0.4, -0.2) is 14.4 Å². The molecule has 0 fully saturated rings. The Hall–Kier alpha value is -2.68. The van der Waals surface area contributed by atoms with Crippen LogP contribution in [0.25, 0.3) is 27.8 Å². The second-order valence-electron chi connectivity index (χ2n) is 5.83. The molecule has 22 heavy (non-hydrogen) atoms. The first kappa shape index (κ1) is 13.0. The normalized spacial score (nSPS) is 11.6. The molecule has 0 aliphatic heterocycles. The number of nitrogens with zero attached hydrogens (tertiary/aromatic N) is 3. The Balaban J connectivity index is 2.09. The number of hydrogen-bond donors (Lipinski definition) is 0. The summed E-state index contributed by atoms with van der Waals surface area (Å²) in [4.78, 5) is 9.71. The van der Waals surface area contributed by atoms with Crippen molar-refractivity contribution in [3.8, 4) is 11.3 Å². The maximum Gasteiger partial charge on any atom is 0.148 e. The van der Waals surface area contributed by atoms with Gasteiger partial charge in [-0.1, -0.05) is 56.3 Å². The molecule has 0 radical (unpaired) electrons. The largest absolute Gasteiger partial charge is 0.286 e. The summed E-state index contributed by atoms with van der Waals surface area (Å²) in [6, 6.07) is 18.5. The highest BCUT2D eigenvalue weighted by molar-refractivity contribution is 5.92. The molecule has 108 valence electrons. The van der Waals surface area contributed by atoms with Gasteiger partial charge < -0.3 is 0 Å². The lowest BCUT2D eigenvalue weighted by molar-refractivity contribution is 0.761. The Kier molecular flexibility index (Phi) is 2.93. The summed E-state index contributed by atoms with van der Waals surface area (Å²) in [6.45, 7) is 4.33. The van der Waals surface area contributed by atoms with Gasteiger partial charge in [-0.25, -0.2) is 9.97 Å². The molecule has 3 heteroatoms. The van der Waals surface area contributed by atoms with E-state index in [9.17, 15) is 0 Å². The third kappa shape index (κ3) is 1.98. The van der Waals surface area contributed by atoms with E-state index in [4.69, 9.17) is 9.97 Å². The van der Waals surface area contributed by atoms with Crippen LogP contribution in [0.2, 0.25) is 0 Å². The highest BCUT2D eigenvalue weighted by Gasteiger charge is 2.14. The molecule has 0 saturated carbocycles. The van der Waals surface area contributed by atoms with Crippen LogP contribution < -0.4 is 0 Å². The molecular weight excluding hydrogens is 270 g/mol. The maximum atomic E-state index is 4.88. The number of hydrogen-bond acceptors (Lipinski definition) is 2. The number of aromatic nitrogens is 3. The molecule has 0 N–H and O–H groups in total. The van der Waals surface area contributed by atoms with Crippen molar-refractivity contribution >= 4 is 16.6 Å². The molecule has 0 aliphatic rings. The zero-order valence-electron chi connectivity index (χ0n) is 12.7. The van der Waals surface area contributed by atoms with Crippen LogP contribution in [0.15, 0.2) is 60.8 Å². The second kappa shape index (κ2) is 4.95. The predicted molar refractivity (Wildman–Crippen MR) is 90.0 cm³/mol. The Morgan fingerprint density at radius 2 is 1.59 bits per heavy atom. The van der Waals surface area contributed by atoms with Gasteiger partial charge in [0, 0.05) is 23.1 Å². The van der Waals surface area contributed by atoms with E-state index < -0.39 is 0 Å². The standard InChI is InChI=1S/C19H17N3/c1-13(2)18-20-16-11-7-6-10-15(16)19-21-17(12-22(18)19)14-8-4-3-5-9-14/h3-13H,1-2H3. The summed E-state index contributed by atoms with van der Waals surface area (Å²) in [7, 11) is 0. The van der Waals surface area contributed by atoms with E-state index in [1.165, 1.54) is 0 Å². The van der Waals surface area contributed by atoms with Gasteiger partial charge in [0.25, 0.3) is 0 Å². The summed E-state index contributed by atoms with van der Waals surface area (Å²) in [5.41, 5.74) is 4.10. The quantitative estimate of drug-likeness (QED) is 0.536. The van der Waals surface area contributed by atoms with Crippen LogP contribution in [0.4, 0.5) is 0 Å². The Labute approximate surface area is 129 Å². The van der Waals surface area contributed by atoms with Crippen molar-refractivity contribution in [1.29, 1.82) is 0 Å². The zero-order valence-corrected chi connectivity index (χ0v) is 12.7. The van der Waals surface area contributed by atoms with Crippen LogP contribution in [0.5, 0.6) is 0 Å². The average molecular weight is 287 g/mol. The van der Waals surface area contributed by atoms with E-state index in [1.54, 1.807) is 0 Å². The highest BCUT2D eigenvalue weighted by atomic mass is 15.1. The smallest absolute Gasteiger partial charge is 0.148 e. The van der Waals surface area contributed by atoms with E-state index in [1.807, 2.05) is 30.3 Å². The Bertz CT molecular complexity index is 952. The van der Waals surface area contributed by atoms with Gasteiger partial charge in [0.05, 0.1) is 11.2 Å². The van der Waals surface area contributed by atoms with Gasteiger partial charge in [0.15, 0.2) is 0 Å². The molecule has 0 aliphatic carbocycles. The minimum atomic E-state index is 0.338. The van der Waals surface area contributed by atoms with Gasteiger partial charge in [-0.2, -0.15) is 0 Å². The fraction of sp³-hybridized carbons (Fsp3) is 0.158. The molecule has 2 heterocycles. The molecule has 0 unspecified atom stereocenters. The Morgan fingerprint density at radius 3 is 2.36 bits per heavy atom. The van der Waals surface area contributed by atoms with Gasteiger partial charge >= 0.3 is 0 Å². The van der Waals surface area contributed by atoms with Crippen molar-refractivity contribution in [2.45, 2.75) is 19.8 Å². The molecule has 2 aromatic heterocycles. The molecule has 0 amide bonds. The van der Waals surface area contributed by atoms with Crippen molar-refractivity contribution in [2.75, 3.05) is 0 Å². The summed E-state index contributed by atoms with van der Waals surface area (Å²) in [6.07, 6.45) is 2.10. The van der Waals surface area contributed by atoms with E-state index in [-0.39, 0.29) is 0 Å². The fourth-order valence-corrected chi connectivity index (χ4v) is 2.84. The summed E-state index contributed by atoms with van der Waals surface area (Å²) < 4.78 is 2.13. The van der Waals surface area contributed by atoms with Crippen LogP contribution in [0.3, 0.4) is 0 Å². The fourth-order valence-electron chi connectivity index (χ4n) is 2.84. The lowest BCUT2D eigenvalue weighted by Gasteiger charge is -2.09. The first-order valence-electron chi connectivity index (χ1n) is 7.57. The summed E-state index contributed by atoms with van der Waals surface area (Å²) in [5.74, 6) is 1.38. The number of imidazole rings is 1. The van der Waals surface area contributed by atoms with Gasteiger partial charge in [-0.3, -0.25) is 4.40 Å². The first-order valence-corrected chi connectivity index (χ1v) is 7.57. The van der Waals surface area contributed by atoms with Gasteiger partial charge in [-0.05, 0) is 12.1 Å². The average Bonchev–Trinajstić information content (AvgIpc) is 3.00. The van der Waals surface area contributed by atoms with Crippen molar-refractivity contribution in [1.82, 2.24) is 14.4 Å². The van der Waals surface area contributed by atoms with Crippen molar-refractivity contribution < 1.29 is 0 Å². The molecular formula is C19H17N3. The van der Waals surface area contributed by atoms with E-state index in [0.29, 0.717) is 5.92 Å². The zero-order chi connectivity index (χ0) is 15.1. The lowest BCUT2D eigenvalue weighted by Crippen LogP contribution is -2.03. The topological polar surface area (TPSA) is 30.2 Å². The third-order valence-corrected chi connectivity index (χ3v) is 3.92. The van der Waals surface area contributed by atoms with Gasteiger partial charge in [0.2, 0.25) is 0 Å². The highest BCUT2D eigenvalue weighted by Crippen LogP contribution is 2.26. The number of para-hydroxylation sites is 1. The predicted octanol–water partition coefficient (Wildman–Crippen LogP) is 4.67. The monoisotopic (exact) mass is 287 g/mol. The molecule has 0 atom stereocenters.